The number of nitrogens with zero attached hydrogens (tertiary/aromatic N) is 1. The predicted molar refractivity (Wildman–Crippen MR) is 72.9 cm³/mol. The number of rotatable bonds is 4. The molecule has 20 heavy (non-hydrogen) atoms. The summed E-state index contributed by atoms with van der Waals surface area (Å²) in [5.74, 6) is -1.50. The van der Waals surface area contributed by atoms with Crippen molar-refractivity contribution >= 4 is 17.9 Å². The van der Waals surface area contributed by atoms with Gasteiger partial charge in [0.15, 0.2) is 0 Å². The molecule has 114 valence electrons. The van der Waals surface area contributed by atoms with Crippen molar-refractivity contribution in [3.8, 4) is 0 Å². The van der Waals surface area contributed by atoms with Crippen LogP contribution in [-0.2, 0) is 9.59 Å². The van der Waals surface area contributed by atoms with E-state index in [1.165, 1.54) is 4.90 Å². The van der Waals surface area contributed by atoms with Crippen molar-refractivity contribution in [1.82, 2.24) is 10.2 Å². The minimum Gasteiger partial charge on any atom is -0.481 e. The molecule has 7 nitrogen and oxygen atoms in total. The number of likely N-dealkylation sites (tertiary alicyclic amines) is 1. The lowest BCUT2D eigenvalue weighted by Gasteiger charge is -2.33. The second-order valence-corrected chi connectivity index (χ2v) is 6.22. The van der Waals surface area contributed by atoms with Crippen molar-refractivity contribution in [3.63, 3.8) is 0 Å². The maximum Gasteiger partial charge on any atom is 0.318 e. The molecule has 1 heterocycles. The van der Waals surface area contributed by atoms with E-state index in [-0.39, 0.29) is 6.42 Å². The first-order valence-corrected chi connectivity index (χ1v) is 6.71. The zero-order valence-corrected chi connectivity index (χ0v) is 12.2. The van der Waals surface area contributed by atoms with Crippen molar-refractivity contribution in [3.05, 3.63) is 0 Å². The van der Waals surface area contributed by atoms with Gasteiger partial charge in [-0.2, -0.15) is 0 Å². The van der Waals surface area contributed by atoms with Gasteiger partial charge in [0.1, 0.15) is 6.04 Å². The molecule has 2 atom stereocenters. The van der Waals surface area contributed by atoms with Gasteiger partial charge >= 0.3 is 12.0 Å². The number of carboxylic acids is 1. The molecule has 1 rings (SSSR count). The number of carboxylic acid groups (broad SMARTS) is 1. The molecule has 2 unspecified atom stereocenters. The maximum atomic E-state index is 12.2. The van der Waals surface area contributed by atoms with Crippen LogP contribution in [0.25, 0.3) is 0 Å². The SMILES string of the molecule is CC(C)(C)C(CC(=O)O)NC(=O)N1CCCC1C(N)=O. The Kier molecular flexibility index (Phi) is 4.97. The largest absolute Gasteiger partial charge is 0.481 e. The molecule has 0 spiro atoms. The van der Waals surface area contributed by atoms with Gasteiger partial charge in [-0.1, -0.05) is 20.8 Å². The highest BCUT2D eigenvalue weighted by Crippen LogP contribution is 2.23. The van der Waals surface area contributed by atoms with E-state index < -0.39 is 35.4 Å². The average molecular weight is 285 g/mol. The molecule has 0 radical (unpaired) electrons. The molecule has 0 aliphatic carbocycles. The van der Waals surface area contributed by atoms with E-state index in [9.17, 15) is 14.4 Å². The van der Waals surface area contributed by atoms with Gasteiger partial charge in [-0.05, 0) is 18.3 Å². The van der Waals surface area contributed by atoms with Crippen molar-refractivity contribution in [2.45, 2.75) is 52.1 Å². The molecule has 0 bridgehead atoms. The Morgan fingerprint density at radius 2 is 2.00 bits per heavy atom. The molecule has 1 saturated heterocycles. The molecular weight excluding hydrogens is 262 g/mol. The summed E-state index contributed by atoms with van der Waals surface area (Å²) < 4.78 is 0. The lowest BCUT2D eigenvalue weighted by atomic mass is 9.85. The monoisotopic (exact) mass is 285 g/mol. The number of hydrogen-bond acceptors (Lipinski definition) is 3. The summed E-state index contributed by atoms with van der Waals surface area (Å²) in [7, 11) is 0. The number of amides is 3. The fraction of sp³-hybridized carbons (Fsp3) is 0.769. The number of primary amides is 1. The van der Waals surface area contributed by atoms with Gasteiger partial charge in [-0.3, -0.25) is 9.59 Å². The van der Waals surface area contributed by atoms with Gasteiger partial charge in [-0.25, -0.2) is 4.79 Å². The van der Waals surface area contributed by atoms with Gasteiger partial charge in [0.05, 0.1) is 6.42 Å². The third-order valence-corrected chi connectivity index (χ3v) is 3.56. The van der Waals surface area contributed by atoms with E-state index in [2.05, 4.69) is 5.32 Å². The average Bonchev–Trinajstić information content (AvgIpc) is 2.74. The Morgan fingerprint density at radius 1 is 1.40 bits per heavy atom. The van der Waals surface area contributed by atoms with E-state index in [1.54, 1.807) is 0 Å². The summed E-state index contributed by atoms with van der Waals surface area (Å²) in [6.45, 7) is 6.03. The second-order valence-electron chi connectivity index (χ2n) is 6.22. The topological polar surface area (TPSA) is 113 Å². The van der Waals surface area contributed by atoms with Crippen LogP contribution in [0.5, 0.6) is 0 Å². The Balaban J connectivity index is 2.75. The van der Waals surface area contributed by atoms with Gasteiger partial charge in [0.2, 0.25) is 5.91 Å². The van der Waals surface area contributed by atoms with Crippen molar-refractivity contribution < 1.29 is 19.5 Å². The van der Waals surface area contributed by atoms with Crippen LogP contribution in [-0.4, -0.2) is 46.5 Å². The normalized spacial score (nSPS) is 20.6. The minimum atomic E-state index is -0.974. The molecule has 1 aliphatic rings. The second kappa shape index (κ2) is 6.11. The van der Waals surface area contributed by atoms with Gasteiger partial charge in [-0.15, -0.1) is 0 Å². The third-order valence-electron chi connectivity index (χ3n) is 3.56. The molecular formula is C13H23N3O4. The highest BCUT2D eigenvalue weighted by molar-refractivity contribution is 5.86. The molecule has 7 heteroatoms. The molecule has 0 aromatic carbocycles. The predicted octanol–water partition coefficient (Wildman–Crippen LogP) is 0.535. The third kappa shape index (κ3) is 4.11. The zero-order valence-electron chi connectivity index (χ0n) is 12.2. The number of urea groups is 1. The van der Waals surface area contributed by atoms with Gasteiger partial charge in [0.25, 0.3) is 0 Å². The smallest absolute Gasteiger partial charge is 0.318 e. The molecule has 1 aliphatic heterocycles. The minimum absolute atomic E-state index is 0.162. The first-order chi connectivity index (χ1) is 9.12. The summed E-state index contributed by atoms with van der Waals surface area (Å²) in [5, 5.41) is 11.6. The van der Waals surface area contributed by atoms with E-state index in [4.69, 9.17) is 10.8 Å². The molecule has 0 saturated carbocycles. The molecule has 3 amide bonds. The van der Waals surface area contributed by atoms with Gasteiger partial charge in [0, 0.05) is 12.6 Å². The first-order valence-electron chi connectivity index (χ1n) is 6.71. The number of hydrogen-bond donors (Lipinski definition) is 3. The van der Waals surface area contributed by atoms with Crippen LogP contribution >= 0.6 is 0 Å². The van der Waals surface area contributed by atoms with E-state index in [0.29, 0.717) is 13.0 Å². The lowest BCUT2D eigenvalue weighted by molar-refractivity contribution is -0.138. The van der Waals surface area contributed by atoms with Crippen LogP contribution in [0, 0.1) is 5.41 Å². The lowest BCUT2D eigenvalue weighted by Crippen LogP contribution is -2.53. The first kappa shape index (κ1) is 16.3. The van der Waals surface area contributed by atoms with Crippen molar-refractivity contribution in [1.29, 1.82) is 0 Å². The van der Waals surface area contributed by atoms with Crippen LogP contribution in [0.1, 0.15) is 40.0 Å². The van der Waals surface area contributed by atoms with Crippen LogP contribution < -0.4 is 11.1 Å². The van der Waals surface area contributed by atoms with E-state index in [0.717, 1.165) is 6.42 Å². The summed E-state index contributed by atoms with van der Waals surface area (Å²) in [4.78, 5) is 35.8. The summed E-state index contributed by atoms with van der Waals surface area (Å²) in [5.41, 5.74) is 4.88. The van der Waals surface area contributed by atoms with Crippen molar-refractivity contribution in [2.75, 3.05) is 6.54 Å². The summed E-state index contributed by atoms with van der Waals surface area (Å²) in [6, 6.07) is -1.53. The van der Waals surface area contributed by atoms with Crippen LogP contribution in [0.4, 0.5) is 4.79 Å². The molecule has 1 fully saturated rings. The van der Waals surface area contributed by atoms with E-state index >= 15 is 0 Å². The van der Waals surface area contributed by atoms with E-state index in [1.807, 2.05) is 20.8 Å². The summed E-state index contributed by atoms with van der Waals surface area (Å²) in [6.07, 6.45) is 1.12. The summed E-state index contributed by atoms with van der Waals surface area (Å²) >= 11 is 0. The molecule has 0 aromatic heterocycles. The number of carbonyl (C=O) groups excluding carboxylic acids is 2. The molecule has 0 aromatic rings. The standard InChI is InChI=1S/C13H23N3O4/c1-13(2,3)9(7-10(17)18)15-12(20)16-6-4-5-8(16)11(14)19/h8-9H,4-7H2,1-3H3,(H2,14,19)(H,15,20)(H,17,18). The van der Waals surface area contributed by atoms with Crippen LogP contribution in [0.15, 0.2) is 0 Å². The zero-order chi connectivity index (χ0) is 15.5. The number of nitrogens with one attached hydrogen (secondary N) is 1. The fourth-order valence-electron chi connectivity index (χ4n) is 2.29. The van der Waals surface area contributed by atoms with Crippen LogP contribution in [0.3, 0.4) is 0 Å². The highest BCUT2D eigenvalue weighted by Gasteiger charge is 2.36. The number of carbonyl (C=O) groups is 3. The maximum absolute atomic E-state index is 12.2. The quantitative estimate of drug-likeness (QED) is 0.699. The van der Waals surface area contributed by atoms with Gasteiger partial charge < -0.3 is 21.1 Å². The fourth-order valence-corrected chi connectivity index (χ4v) is 2.29. The Hall–Kier alpha value is -1.79. The molecule has 4 N–H and O–H groups in total. The Bertz CT molecular complexity index is 403. The Morgan fingerprint density at radius 3 is 2.45 bits per heavy atom. The number of nitrogens with two attached hydrogens (primary N) is 1. The number of aliphatic carboxylic acids is 1. The van der Waals surface area contributed by atoms with Crippen LogP contribution in [0.2, 0.25) is 0 Å². The highest BCUT2D eigenvalue weighted by atomic mass is 16.4. The van der Waals surface area contributed by atoms with Crippen molar-refractivity contribution in [2.24, 2.45) is 11.1 Å². The Labute approximate surface area is 118 Å².